The van der Waals surface area contributed by atoms with Gasteiger partial charge in [0.25, 0.3) is 5.22 Å². The lowest BCUT2D eigenvalue weighted by Gasteiger charge is -2.22. The van der Waals surface area contributed by atoms with Crippen LogP contribution in [0.2, 0.25) is 0 Å². The van der Waals surface area contributed by atoms with E-state index in [1.54, 1.807) is 11.3 Å². The van der Waals surface area contributed by atoms with E-state index < -0.39 is 0 Å². The third-order valence-electron chi connectivity index (χ3n) is 4.41. The van der Waals surface area contributed by atoms with Crippen LogP contribution in [0, 0.1) is 6.92 Å². The molecule has 1 saturated heterocycles. The van der Waals surface area contributed by atoms with Crippen LogP contribution in [0.15, 0.2) is 45.4 Å². The minimum absolute atomic E-state index is 0.110. The van der Waals surface area contributed by atoms with Gasteiger partial charge in [0, 0.05) is 18.5 Å². The van der Waals surface area contributed by atoms with Crippen molar-refractivity contribution < 1.29 is 9.21 Å². The molecule has 1 fully saturated rings. The normalized spacial score (nSPS) is 15.2. The Bertz CT molecular complexity index is 903. The molecule has 8 heteroatoms. The standard InChI is InChI=1S/C19H20N4O2S2/c1-13-20-15(12-26-13)11-16-21-22-19(25-16)27-17(14-7-3-2-4-8-14)18(24)23-9-5-6-10-23/h2-4,7-8,12,17H,5-6,9-11H2,1H3. The van der Waals surface area contributed by atoms with Gasteiger partial charge in [0.05, 0.1) is 17.1 Å². The van der Waals surface area contributed by atoms with Crippen LogP contribution in [0.1, 0.15) is 40.2 Å². The maximum Gasteiger partial charge on any atom is 0.277 e. The van der Waals surface area contributed by atoms with Gasteiger partial charge in [-0.25, -0.2) is 4.98 Å². The third kappa shape index (κ3) is 4.39. The molecule has 0 spiro atoms. The number of aryl methyl sites for hydroxylation is 1. The molecule has 0 aliphatic carbocycles. The van der Waals surface area contributed by atoms with Gasteiger partial charge < -0.3 is 9.32 Å². The zero-order valence-electron chi connectivity index (χ0n) is 15.0. The van der Waals surface area contributed by atoms with Crippen LogP contribution in [-0.2, 0) is 11.2 Å². The van der Waals surface area contributed by atoms with Gasteiger partial charge in [-0.2, -0.15) is 0 Å². The summed E-state index contributed by atoms with van der Waals surface area (Å²) < 4.78 is 5.80. The summed E-state index contributed by atoms with van der Waals surface area (Å²) >= 11 is 2.92. The number of thioether (sulfide) groups is 1. The number of aromatic nitrogens is 3. The van der Waals surface area contributed by atoms with Gasteiger partial charge in [0.15, 0.2) is 0 Å². The molecule has 0 bridgehead atoms. The van der Waals surface area contributed by atoms with Crippen molar-refractivity contribution in [3.05, 3.63) is 57.9 Å². The molecule has 0 saturated carbocycles. The van der Waals surface area contributed by atoms with Crippen LogP contribution in [0.25, 0.3) is 0 Å². The van der Waals surface area contributed by atoms with Gasteiger partial charge in [0.2, 0.25) is 11.8 Å². The Morgan fingerprint density at radius 1 is 1.26 bits per heavy atom. The number of thiazole rings is 1. The highest BCUT2D eigenvalue weighted by Gasteiger charge is 2.30. The molecule has 4 rings (SSSR count). The van der Waals surface area contributed by atoms with Gasteiger partial charge >= 0.3 is 0 Å². The maximum atomic E-state index is 13.1. The van der Waals surface area contributed by atoms with Crippen molar-refractivity contribution in [1.82, 2.24) is 20.1 Å². The van der Waals surface area contributed by atoms with Gasteiger partial charge in [-0.3, -0.25) is 4.79 Å². The van der Waals surface area contributed by atoms with Gasteiger partial charge in [0.1, 0.15) is 5.25 Å². The first-order valence-electron chi connectivity index (χ1n) is 8.93. The fourth-order valence-electron chi connectivity index (χ4n) is 3.09. The van der Waals surface area contributed by atoms with Crippen LogP contribution in [0.3, 0.4) is 0 Å². The Labute approximate surface area is 166 Å². The number of benzene rings is 1. The van der Waals surface area contributed by atoms with E-state index in [0.29, 0.717) is 17.5 Å². The lowest BCUT2D eigenvalue weighted by atomic mass is 10.1. The lowest BCUT2D eigenvalue weighted by Crippen LogP contribution is -2.31. The SMILES string of the molecule is Cc1nc(Cc2nnc(SC(C(=O)N3CCCC3)c3ccccc3)o2)cs1. The molecular formula is C19H20N4O2S2. The second kappa shape index (κ2) is 8.22. The number of amides is 1. The molecule has 140 valence electrons. The smallest absolute Gasteiger partial charge is 0.277 e. The van der Waals surface area contributed by atoms with E-state index in [1.165, 1.54) is 11.8 Å². The minimum Gasteiger partial charge on any atom is -0.416 e. The van der Waals surface area contributed by atoms with E-state index in [4.69, 9.17) is 4.42 Å². The molecule has 0 N–H and O–H groups in total. The summed E-state index contributed by atoms with van der Waals surface area (Å²) in [6.45, 7) is 3.61. The largest absolute Gasteiger partial charge is 0.416 e. The molecule has 6 nitrogen and oxygen atoms in total. The fourth-order valence-corrected chi connectivity index (χ4v) is 4.68. The minimum atomic E-state index is -0.376. The Morgan fingerprint density at radius 2 is 2.04 bits per heavy atom. The van der Waals surface area contributed by atoms with Crippen molar-refractivity contribution in [3.8, 4) is 0 Å². The summed E-state index contributed by atoms with van der Waals surface area (Å²) in [6, 6.07) is 9.79. The number of carbonyl (C=O) groups excluding carboxylic acids is 1. The summed E-state index contributed by atoms with van der Waals surface area (Å²) in [4.78, 5) is 19.4. The van der Waals surface area contributed by atoms with E-state index in [9.17, 15) is 4.79 Å². The monoisotopic (exact) mass is 400 g/mol. The van der Waals surface area contributed by atoms with Crippen molar-refractivity contribution in [2.75, 3.05) is 13.1 Å². The number of hydrogen-bond donors (Lipinski definition) is 0. The van der Waals surface area contributed by atoms with Crippen LogP contribution in [0.4, 0.5) is 0 Å². The van der Waals surface area contributed by atoms with Gasteiger partial charge in [-0.05, 0) is 37.1 Å². The Morgan fingerprint density at radius 3 is 2.74 bits per heavy atom. The maximum absolute atomic E-state index is 13.1. The molecule has 1 aromatic carbocycles. The molecule has 3 aromatic rings. The quantitative estimate of drug-likeness (QED) is 0.585. The average Bonchev–Trinajstić information content (AvgIpc) is 3.43. The zero-order valence-corrected chi connectivity index (χ0v) is 16.6. The van der Waals surface area contributed by atoms with E-state index in [-0.39, 0.29) is 11.2 Å². The first-order valence-corrected chi connectivity index (χ1v) is 10.7. The second-order valence-corrected chi connectivity index (χ2v) is 8.56. The third-order valence-corrected chi connectivity index (χ3v) is 6.31. The lowest BCUT2D eigenvalue weighted by molar-refractivity contribution is -0.129. The molecule has 1 atom stereocenters. The number of hydrogen-bond acceptors (Lipinski definition) is 7. The van der Waals surface area contributed by atoms with E-state index in [2.05, 4.69) is 15.2 Å². The summed E-state index contributed by atoms with van der Waals surface area (Å²) in [5, 5.41) is 11.3. The molecule has 27 heavy (non-hydrogen) atoms. The first kappa shape index (κ1) is 18.2. The number of rotatable bonds is 6. The van der Waals surface area contributed by atoms with E-state index >= 15 is 0 Å². The van der Waals surface area contributed by atoms with Gasteiger partial charge in [-0.15, -0.1) is 21.5 Å². The predicted molar refractivity (Wildman–Crippen MR) is 105 cm³/mol. The Balaban J connectivity index is 1.52. The number of nitrogens with zero attached hydrogens (tertiary/aromatic N) is 4. The highest BCUT2D eigenvalue weighted by atomic mass is 32.2. The average molecular weight is 401 g/mol. The van der Waals surface area contributed by atoms with Crippen LogP contribution in [-0.4, -0.2) is 39.1 Å². The first-order chi connectivity index (χ1) is 13.2. The van der Waals surface area contributed by atoms with Crippen LogP contribution in [0.5, 0.6) is 0 Å². The summed E-state index contributed by atoms with van der Waals surface area (Å²) in [5.41, 5.74) is 1.87. The Hall–Kier alpha value is -2.19. The summed E-state index contributed by atoms with van der Waals surface area (Å²) in [7, 11) is 0. The molecule has 2 aromatic heterocycles. The van der Waals surface area contributed by atoms with Crippen LogP contribution >= 0.6 is 23.1 Å². The topological polar surface area (TPSA) is 72.1 Å². The summed E-state index contributed by atoms with van der Waals surface area (Å²) in [6.07, 6.45) is 2.64. The van der Waals surface area contributed by atoms with Crippen molar-refractivity contribution in [1.29, 1.82) is 0 Å². The predicted octanol–water partition coefficient (Wildman–Crippen LogP) is 3.88. The van der Waals surface area contributed by atoms with Crippen molar-refractivity contribution in [2.24, 2.45) is 0 Å². The van der Waals surface area contributed by atoms with E-state index in [1.807, 2.05) is 47.5 Å². The number of carbonyl (C=O) groups is 1. The highest BCUT2D eigenvalue weighted by molar-refractivity contribution is 8.00. The molecule has 1 unspecified atom stereocenters. The highest BCUT2D eigenvalue weighted by Crippen LogP contribution is 2.37. The number of likely N-dealkylation sites (tertiary alicyclic amines) is 1. The zero-order chi connectivity index (χ0) is 18.6. The summed E-state index contributed by atoms with van der Waals surface area (Å²) in [5.74, 6) is 0.627. The second-order valence-electron chi connectivity index (χ2n) is 6.44. The molecular weight excluding hydrogens is 380 g/mol. The van der Waals surface area contributed by atoms with Crippen molar-refractivity contribution >= 4 is 29.0 Å². The molecule has 1 aliphatic rings. The van der Waals surface area contributed by atoms with Crippen molar-refractivity contribution in [3.63, 3.8) is 0 Å². The molecule has 0 radical (unpaired) electrons. The van der Waals surface area contributed by atoms with E-state index in [0.717, 1.165) is 42.2 Å². The van der Waals surface area contributed by atoms with Crippen molar-refractivity contribution in [2.45, 2.75) is 36.7 Å². The van der Waals surface area contributed by atoms with Gasteiger partial charge in [-0.1, -0.05) is 30.3 Å². The van der Waals surface area contributed by atoms with Crippen LogP contribution < -0.4 is 0 Å². The fraction of sp³-hybridized carbons (Fsp3) is 0.368. The molecule has 3 heterocycles. The molecule has 1 aliphatic heterocycles. The molecule has 1 amide bonds. The Kier molecular flexibility index (Phi) is 5.54.